The van der Waals surface area contributed by atoms with Gasteiger partial charge in [-0.2, -0.15) is 0 Å². The number of ether oxygens (including phenoxy) is 1. The summed E-state index contributed by atoms with van der Waals surface area (Å²) in [5.74, 6) is -1.02. The smallest absolute Gasteiger partial charge is 0.357 e. The van der Waals surface area contributed by atoms with Crippen LogP contribution in [0.25, 0.3) is 10.9 Å². The molecule has 5 heteroatoms. The Morgan fingerprint density at radius 1 is 0.958 bits per heavy atom. The number of hydrogen-bond donors (Lipinski definition) is 1. The second kappa shape index (κ2) is 6.91. The van der Waals surface area contributed by atoms with Gasteiger partial charge >= 0.3 is 5.97 Å². The second-order valence-corrected chi connectivity index (χ2v) is 5.29. The maximum atomic E-state index is 12.2. The molecule has 1 amide bonds. The van der Waals surface area contributed by atoms with Gasteiger partial charge in [-0.3, -0.25) is 4.79 Å². The number of amides is 1. The summed E-state index contributed by atoms with van der Waals surface area (Å²) in [6.45, 7) is 1.53. The number of para-hydroxylation sites is 2. The van der Waals surface area contributed by atoms with Crippen molar-refractivity contribution in [3.8, 4) is 0 Å². The molecule has 0 aliphatic rings. The lowest BCUT2D eigenvalue weighted by Crippen LogP contribution is -2.30. The molecule has 1 aromatic heterocycles. The molecular weight excluding hydrogens is 304 g/mol. The number of anilines is 1. The lowest BCUT2D eigenvalue weighted by atomic mass is 10.2. The number of carbonyl (C=O) groups excluding carboxylic acids is 2. The predicted octanol–water partition coefficient (Wildman–Crippen LogP) is 3.42. The fourth-order valence-electron chi connectivity index (χ4n) is 2.22. The van der Waals surface area contributed by atoms with E-state index in [0.717, 1.165) is 5.39 Å². The first-order valence-electron chi connectivity index (χ1n) is 7.56. The minimum absolute atomic E-state index is 0.174. The minimum Gasteiger partial charge on any atom is -0.448 e. The predicted molar refractivity (Wildman–Crippen MR) is 91.7 cm³/mol. The van der Waals surface area contributed by atoms with Crippen molar-refractivity contribution in [2.75, 3.05) is 5.32 Å². The van der Waals surface area contributed by atoms with Crippen LogP contribution >= 0.6 is 0 Å². The van der Waals surface area contributed by atoms with E-state index in [1.807, 2.05) is 42.5 Å². The van der Waals surface area contributed by atoms with Gasteiger partial charge < -0.3 is 10.1 Å². The highest BCUT2D eigenvalue weighted by atomic mass is 16.5. The van der Waals surface area contributed by atoms with Crippen molar-refractivity contribution < 1.29 is 14.3 Å². The number of rotatable bonds is 4. The molecule has 120 valence electrons. The van der Waals surface area contributed by atoms with Crippen molar-refractivity contribution in [3.63, 3.8) is 0 Å². The molecule has 24 heavy (non-hydrogen) atoms. The number of hydrogen-bond acceptors (Lipinski definition) is 4. The van der Waals surface area contributed by atoms with Gasteiger partial charge in [-0.05, 0) is 31.2 Å². The van der Waals surface area contributed by atoms with Gasteiger partial charge in [0, 0.05) is 11.1 Å². The van der Waals surface area contributed by atoms with Crippen LogP contribution in [0.1, 0.15) is 17.4 Å². The summed E-state index contributed by atoms with van der Waals surface area (Å²) in [4.78, 5) is 28.5. The van der Waals surface area contributed by atoms with Crippen LogP contribution in [0, 0.1) is 0 Å². The molecule has 1 atom stereocenters. The van der Waals surface area contributed by atoms with Gasteiger partial charge in [0.1, 0.15) is 5.69 Å². The SMILES string of the molecule is C[C@@H](OC(=O)c1ccc2ccccc2n1)C(=O)Nc1ccccc1. The number of pyridine rings is 1. The summed E-state index contributed by atoms with van der Waals surface area (Å²) >= 11 is 0. The van der Waals surface area contributed by atoms with Crippen molar-refractivity contribution in [2.24, 2.45) is 0 Å². The Labute approximate surface area is 139 Å². The molecule has 0 aliphatic carbocycles. The van der Waals surface area contributed by atoms with Crippen LogP contribution in [0.15, 0.2) is 66.7 Å². The molecule has 3 rings (SSSR count). The van der Waals surface area contributed by atoms with Crippen molar-refractivity contribution in [2.45, 2.75) is 13.0 Å². The maximum absolute atomic E-state index is 12.2. The van der Waals surface area contributed by atoms with Crippen LogP contribution in [0.4, 0.5) is 5.69 Å². The van der Waals surface area contributed by atoms with Crippen molar-refractivity contribution >= 4 is 28.5 Å². The van der Waals surface area contributed by atoms with E-state index in [1.165, 1.54) is 6.92 Å². The monoisotopic (exact) mass is 320 g/mol. The molecule has 0 saturated heterocycles. The van der Waals surface area contributed by atoms with Crippen LogP contribution in [0.5, 0.6) is 0 Å². The zero-order chi connectivity index (χ0) is 16.9. The second-order valence-electron chi connectivity index (χ2n) is 5.29. The standard InChI is InChI=1S/C19H16N2O3/c1-13(18(22)20-15-8-3-2-4-9-15)24-19(23)17-12-11-14-7-5-6-10-16(14)21-17/h2-13H,1H3,(H,20,22)/t13-/m1/s1. The molecule has 2 aromatic carbocycles. The van der Waals surface area contributed by atoms with Gasteiger partial charge in [-0.1, -0.05) is 42.5 Å². The summed E-state index contributed by atoms with van der Waals surface area (Å²) < 4.78 is 5.21. The minimum atomic E-state index is -0.925. The fraction of sp³-hybridized carbons (Fsp3) is 0.105. The number of carbonyl (C=O) groups is 2. The average molecular weight is 320 g/mol. The Bertz CT molecular complexity index is 878. The Balaban J connectivity index is 1.67. The van der Waals surface area contributed by atoms with E-state index in [0.29, 0.717) is 11.2 Å². The number of nitrogens with zero attached hydrogens (tertiary/aromatic N) is 1. The summed E-state index contributed by atoms with van der Waals surface area (Å²) in [6, 6.07) is 19.9. The molecule has 0 fully saturated rings. The first-order valence-corrected chi connectivity index (χ1v) is 7.56. The molecule has 1 heterocycles. The molecule has 0 aliphatic heterocycles. The number of fused-ring (bicyclic) bond motifs is 1. The molecule has 5 nitrogen and oxygen atoms in total. The quantitative estimate of drug-likeness (QED) is 0.748. The largest absolute Gasteiger partial charge is 0.448 e. The average Bonchev–Trinajstić information content (AvgIpc) is 2.62. The molecule has 0 unspecified atom stereocenters. The van der Waals surface area contributed by atoms with E-state index >= 15 is 0 Å². The van der Waals surface area contributed by atoms with Crippen LogP contribution in [-0.2, 0) is 9.53 Å². The number of esters is 1. The van der Waals surface area contributed by atoms with Crippen LogP contribution < -0.4 is 5.32 Å². The van der Waals surface area contributed by atoms with E-state index < -0.39 is 18.0 Å². The molecule has 3 aromatic rings. The topological polar surface area (TPSA) is 68.3 Å². The Morgan fingerprint density at radius 3 is 2.46 bits per heavy atom. The first-order chi connectivity index (χ1) is 11.6. The summed E-state index contributed by atoms with van der Waals surface area (Å²) in [7, 11) is 0. The van der Waals surface area contributed by atoms with E-state index in [2.05, 4.69) is 10.3 Å². The zero-order valence-electron chi connectivity index (χ0n) is 13.1. The molecule has 1 N–H and O–H groups in total. The number of aromatic nitrogens is 1. The van der Waals surface area contributed by atoms with Crippen molar-refractivity contribution in [3.05, 3.63) is 72.4 Å². The molecule has 0 radical (unpaired) electrons. The van der Waals surface area contributed by atoms with Gasteiger partial charge in [-0.15, -0.1) is 0 Å². The molecule has 0 saturated carbocycles. The molecule has 0 spiro atoms. The Hall–Kier alpha value is -3.21. The Kier molecular flexibility index (Phi) is 4.52. The first kappa shape index (κ1) is 15.7. The molecular formula is C19H16N2O3. The van der Waals surface area contributed by atoms with Crippen molar-refractivity contribution in [1.82, 2.24) is 4.98 Å². The van der Waals surface area contributed by atoms with Crippen LogP contribution in [-0.4, -0.2) is 23.0 Å². The van der Waals surface area contributed by atoms with Gasteiger partial charge in [0.05, 0.1) is 5.52 Å². The summed E-state index contributed by atoms with van der Waals surface area (Å²) in [5, 5.41) is 3.63. The number of nitrogens with one attached hydrogen (secondary N) is 1. The van der Waals surface area contributed by atoms with Gasteiger partial charge in [0.15, 0.2) is 6.10 Å². The normalized spacial score (nSPS) is 11.7. The molecule has 0 bridgehead atoms. The Morgan fingerprint density at radius 2 is 1.67 bits per heavy atom. The third-order valence-electron chi connectivity index (χ3n) is 3.50. The van der Waals surface area contributed by atoms with Gasteiger partial charge in [0.2, 0.25) is 0 Å². The zero-order valence-corrected chi connectivity index (χ0v) is 13.1. The van der Waals surface area contributed by atoms with E-state index in [9.17, 15) is 9.59 Å². The summed E-state index contributed by atoms with van der Waals surface area (Å²) in [5.41, 5.74) is 1.52. The third kappa shape index (κ3) is 3.57. The van der Waals surface area contributed by atoms with Crippen LogP contribution in [0.3, 0.4) is 0 Å². The van der Waals surface area contributed by atoms with E-state index in [-0.39, 0.29) is 5.69 Å². The highest BCUT2D eigenvalue weighted by Crippen LogP contribution is 2.13. The number of benzene rings is 2. The lowest BCUT2D eigenvalue weighted by molar-refractivity contribution is -0.123. The van der Waals surface area contributed by atoms with E-state index in [4.69, 9.17) is 4.74 Å². The highest BCUT2D eigenvalue weighted by Gasteiger charge is 2.20. The summed E-state index contributed by atoms with van der Waals surface area (Å²) in [6.07, 6.45) is -0.925. The highest BCUT2D eigenvalue weighted by molar-refractivity contribution is 5.97. The van der Waals surface area contributed by atoms with Gasteiger partial charge in [0.25, 0.3) is 5.91 Å². The van der Waals surface area contributed by atoms with E-state index in [1.54, 1.807) is 24.3 Å². The fourth-order valence-corrected chi connectivity index (χ4v) is 2.22. The maximum Gasteiger partial charge on any atom is 0.357 e. The lowest BCUT2D eigenvalue weighted by Gasteiger charge is -2.13. The van der Waals surface area contributed by atoms with Crippen LogP contribution in [0.2, 0.25) is 0 Å². The van der Waals surface area contributed by atoms with Crippen molar-refractivity contribution in [1.29, 1.82) is 0 Å². The third-order valence-corrected chi connectivity index (χ3v) is 3.50. The van der Waals surface area contributed by atoms with Gasteiger partial charge in [-0.25, -0.2) is 9.78 Å².